The van der Waals surface area contributed by atoms with Crippen LogP contribution in [-0.2, 0) is 26.0 Å². The van der Waals surface area contributed by atoms with Gasteiger partial charge in [-0.05, 0) is 69.5 Å². The fourth-order valence-corrected chi connectivity index (χ4v) is 5.84. The number of carbonyl (C=O) groups excluding carboxylic acids is 2. The van der Waals surface area contributed by atoms with Crippen molar-refractivity contribution >= 4 is 39.1 Å². The molecular weight excluding hydrogens is 553 g/mol. The highest BCUT2D eigenvalue weighted by Gasteiger charge is 2.34. The third-order valence-corrected chi connectivity index (χ3v) is 8.25. The molecule has 1 unspecified atom stereocenters. The summed E-state index contributed by atoms with van der Waals surface area (Å²) < 4.78 is 42.4. The minimum absolute atomic E-state index is 0.0267. The van der Waals surface area contributed by atoms with E-state index in [2.05, 4.69) is 5.32 Å². The monoisotopic (exact) mass is 587 g/mol. The lowest BCUT2D eigenvalue weighted by atomic mass is 10.1. The second-order valence-corrected chi connectivity index (χ2v) is 12.7. The Balaban J connectivity index is 2.03. The minimum Gasteiger partial charge on any atom is -0.350 e. The SMILES string of the molecule is CCC(C(=O)NC(C)(C)C)N(CCc1ccccc1)C(=O)CN(c1ccc(F)c(Cl)c1)S(=O)(=O)c1ccccc1. The van der Waals surface area contributed by atoms with Crippen LogP contribution in [0.4, 0.5) is 10.1 Å². The maximum absolute atomic E-state index is 14.0. The van der Waals surface area contributed by atoms with E-state index in [9.17, 15) is 22.4 Å². The average molecular weight is 588 g/mol. The maximum Gasteiger partial charge on any atom is 0.264 e. The van der Waals surface area contributed by atoms with Crippen molar-refractivity contribution in [2.75, 3.05) is 17.4 Å². The first-order chi connectivity index (χ1) is 18.8. The zero-order valence-corrected chi connectivity index (χ0v) is 24.7. The predicted molar refractivity (Wildman–Crippen MR) is 156 cm³/mol. The Bertz CT molecular complexity index is 1410. The fourth-order valence-electron chi connectivity index (χ4n) is 4.24. The van der Waals surface area contributed by atoms with E-state index in [1.165, 1.54) is 29.2 Å². The van der Waals surface area contributed by atoms with E-state index in [4.69, 9.17) is 11.6 Å². The van der Waals surface area contributed by atoms with Crippen LogP contribution in [0.1, 0.15) is 39.7 Å². The molecule has 0 radical (unpaired) electrons. The largest absolute Gasteiger partial charge is 0.350 e. The van der Waals surface area contributed by atoms with Crippen LogP contribution in [-0.4, -0.2) is 49.8 Å². The third-order valence-electron chi connectivity index (χ3n) is 6.17. The molecule has 0 aliphatic heterocycles. The lowest BCUT2D eigenvalue weighted by Crippen LogP contribution is -2.56. The smallest absolute Gasteiger partial charge is 0.264 e. The molecule has 7 nitrogen and oxygen atoms in total. The van der Waals surface area contributed by atoms with E-state index in [0.717, 1.165) is 15.9 Å². The molecule has 0 fully saturated rings. The van der Waals surface area contributed by atoms with Gasteiger partial charge in [-0.3, -0.25) is 13.9 Å². The summed E-state index contributed by atoms with van der Waals surface area (Å²) in [7, 11) is -4.26. The number of rotatable bonds is 11. The number of benzene rings is 3. The predicted octanol–water partition coefficient (Wildman–Crippen LogP) is 5.44. The number of hydrogen-bond acceptors (Lipinski definition) is 4. The molecule has 0 aromatic heterocycles. The van der Waals surface area contributed by atoms with Crippen LogP contribution >= 0.6 is 11.6 Å². The summed E-state index contributed by atoms with van der Waals surface area (Å²) in [5.74, 6) is -1.63. The van der Waals surface area contributed by atoms with Crippen LogP contribution in [0.5, 0.6) is 0 Å². The van der Waals surface area contributed by atoms with E-state index in [0.29, 0.717) is 12.8 Å². The van der Waals surface area contributed by atoms with E-state index in [-0.39, 0.29) is 28.1 Å². The quantitative estimate of drug-likeness (QED) is 0.324. The summed E-state index contributed by atoms with van der Waals surface area (Å²) in [6, 6.07) is 19.8. The highest BCUT2D eigenvalue weighted by Crippen LogP contribution is 2.28. The molecule has 3 aromatic carbocycles. The first-order valence-electron chi connectivity index (χ1n) is 13.0. The Hall–Kier alpha value is -3.43. The molecule has 2 amide bonds. The first-order valence-corrected chi connectivity index (χ1v) is 14.8. The third kappa shape index (κ3) is 8.05. The molecule has 0 saturated heterocycles. The zero-order valence-electron chi connectivity index (χ0n) is 23.1. The van der Waals surface area contributed by atoms with Gasteiger partial charge >= 0.3 is 0 Å². The number of anilines is 1. The van der Waals surface area contributed by atoms with E-state index in [1.54, 1.807) is 25.1 Å². The van der Waals surface area contributed by atoms with Crippen molar-refractivity contribution in [2.45, 2.75) is 57.0 Å². The maximum atomic E-state index is 14.0. The summed E-state index contributed by atoms with van der Waals surface area (Å²) in [6.45, 7) is 6.91. The minimum atomic E-state index is -4.26. The van der Waals surface area contributed by atoms with Gasteiger partial charge in [0.15, 0.2) is 0 Å². The summed E-state index contributed by atoms with van der Waals surface area (Å²) in [4.78, 5) is 28.7. The number of nitrogens with zero attached hydrogens (tertiary/aromatic N) is 2. The molecule has 3 aromatic rings. The molecule has 0 aliphatic carbocycles. The second kappa shape index (κ2) is 13.3. The molecule has 1 atom stereocenters. The van der Waals surface area contributed by atoms with Crippen molar-refractivity contribution in [1.82, 2.24) is 10.2 Å². The lowest BCUT2D eigenvalue weighted by molar-refractivity contribution is -0.140. The van der Waals surface area contributed by atoms with Crippen molar-refractivity contribution in [3.05, 3.63) is 95.3 Å². The molecule has 0 spiro atoms. The summed E-state index contributed by atoms with van der Waals surface area (Å²) >= 11 is 6.00. The Morgan fingerprint density at radius 1 is 0.975 bits per heavy atom. The topological polar surface area (TPSA) is 86.8 Å². The Kier molecular flexibility index (Phi) is 10.3. The fraction of sp³-hybridized carbons (Fsp3) is 0.333. The molecule has 10 heteroatoms. The highest BCUT2D eigenvalue weighted by molar-refractivity contribution is 7.92. The van der Waals surface area contributed by atoms with Gasteiger partial charge in [0, 0.05) is 12.1 Å². The van der Waals surface area contributed by atoms with E-state index >= 15 is 0 Å². The van der Waals surface area contributed by atoms with E-state index < -0.39 is 39.9 Å². The Morgan fingerprint density at radius 2 is 1.57 bits per heavy atom. The number of nitrogens with one attached hydrogen (secondary N) is 1. The summed E-state index contributed by atoms with van der Waals surface area (Å²) in [5.41, 5.74) is 0.455. The molecule has 214 valence electrons. The standard InChI is InChI=1S/C30H35ClFN3O4S/c1-5-27(29(37)33-30(2,3)4)34(19-18-22-12-8-6-9-13-22)28(36)21-35(23-16-17-26(32)25(31)20-23)40(38,39)24-14-10-7-11-15-24/h6-17,20,27H,5,18-19,21H2,1-4H3,(H,33,37). The van der Waals surface area contributed by atoms with Gasteiger partial charge in [0.25, 0.3) is 10.0 Å². The van der Waals surface area contributed by atoms with Crippen molar-refractivity contribution < 1.29 is 22.4 Å². The number of hydrogen-bond donors (Lipinski definition) is 1. The van der Waals surface area contributed by atoms with Gasteiger partial charge < -0.3 is 10.2 Å². The van der Waals surface area contributed by atoms with Gasteiger partial charge in [-0.15, -0.1) is 0 Å². The zero-order chi connectivity index (χ0) is 29.5. The van der Waals surface area contributed by atoms with Gasteiger partial charge in [0.2, 0.25) is 11.8 Å². The molecule has 0 aliphatic rings. The van der Waals surface area contributed by atoms with Crippen molar-refractivity contribution in [1.29, 1.82) is 0 Å². The van der Waals surface area contributed by atoms with Crippen LogP contribution in [0, 0.1) is 5.82 Å². The number of amides is 2. The number of halogens is 2. The highest BCUT2D eigenvalue weighted by atomic mass is 35.5. The molecule has 0 heterocycles. The van der Waals surface area contributed by atoms with Gasteiger partial charge in [-0.2, -0.15) is 0 Å². The summed E-state index contributed by atoms with van der Waals surface area (Å²) in [5, 5.41) is 2.65. The van der Waals surface area contributed by atoms with Crippen LogP contribution in [0.25, 0.3) is 0 Å². The Morgan fingerprint density at radius 3 is 2.12 bits per heavy atom. The molecule has 40 heavy (non-hydrogen) atoms. The molecule has 0 saturated carbocycles. The van der Waals surface area contributed by atoms with Crippen LogP contribution in [0.3, 0.4) is 0 Å². The van der Waals surface area contributed by atoms with Gasteiger partial charge in [0.1, 0.15) is 18.4 Å². The number of sulfonamides is 1. The van der Waals surface area contributed by atoms with Crippen molar-refractivity contribution in [2.24, 2.45) is 0 Å². The van der Waals surface area contributed by atoms with Crippen LogP contribution in [0.2, 0.25) is 5.02 Å². The van der Waals surface area contributed by atoms with Crippen LogP contribution < -0.4 is 9.62 Å². The van der Waals surface area contributed by atoms with Crippen LogP contribution in [0.15, 0.2) is 83.8 Å². The molecule has 0 bridgehead atoms. The molecular formula is C30H35ClFN3O4S. The summed E-state index contributed by atoms with van der Waals surface area (Å²) in [6.07, 6.45) is 0.774. The van der Waals surface area contributed by atoms with Gasteiger partial charge in [-0.1, -0.05) is 67.1 Å². The molecule has 3 rings (SSSR count). The lowest BCUT2D eigenvalue weighted by Gasteiger charge is -2.34. The van der Waals surface area contributed by atoms with E-state index in [1.807, 2.05) is 51.1 Å². The second-order valence-electron chi connectivity index (χ2n) is 10.4. The first kappa shape index (κ1) is 31.1. The average Bonchev–Trinajstić information content (AvgIpc) is 2.91. The molecule has 1 N–H and O–H groups in total. The Labute approximate surface area is 241 Å². The normalized spacial score (nSPS) is 12.4. The van der Waals surface area contributed by atoms with Crippen molar-refractivity contribution in [3.8, 4) is 0 Å². The number of carbonyl (C=O) groups is 2. The van der Waals surface area contributed by atoms with Gasteiger partial charge in [0.05, 0.1) is 15.6 Å². The van der Waals surface area contributed by atoms with Gasteiger partial charge in [-0.25, -0.2) is 12.8 Å². The van der Waals surface area contributed by atoms with Crippen molar-refractivity contribution in [3.63, 3.8) is 0 Å².